The lowest BCUT2D eigenvalue weighted by Crippen LogP contribution is -2.29. The minimum Gasteiger partial charge on any atom is -0.507 e. The van der Waals surface area contributed by atoms with Gasteiger partial charge < -0.3 is 14.6 Å². The number of nitrogens with zero attached hydrogens (tertiary/aromatic N) is 1. The molecule has 0 spiro atoms. The second kappa shape index (κ2) is 9.61. The molecular weight excluding hydrogens is 418 g/mol. The molecule has 1 amide bonds. The van der Waals surface area contributed by atoms with Crippen molar-refractivity contribution in [2.24, 2.45) is 0 Å². The van der Waals surface area contributed by atoms with Crippen LogP contribution >= 0.6 is 0 Å². The number of methoxy groups -OCH3 is 1. The number of anilines is 1. The molecule has 1 unspecified atom stereocenters. The number of aliphatic hydroxyl groups is 1. The summed E-state index contributed by atoms with van der Waals surface area (Å²) in [7, 11) is 1.55. The predicted molar refractivity (Wildman–Crippen MR) is 126 cm³/mol. The van der Waals surface area contributed by atoms with E-state index in [0.717, 1.165) is 6.42 Å². The average molecular weight is 443 g/mol. The molecule has 1 aliphatic rings. The highest BCUT2D eigenvalue weighted by Crippen LogP contribution is 2.43. The molecule has 0 radical (unpaired) electrons. The van der Waals surface area contributed by atoms with Crippen LogP contribution < -0.4 is 14.4 Å². The highest BCUT2D eigenvalue weighted by atomic mass is 16.5. The molecule has 0 aliphatic carbocycles. The minimum absolute atomic E-state index is 0.0272. The molecule has 1 aliphatic heterocycles. The van der Waals surface area contributed by atoms with Crippen LogP contribution in [0.5, 0.6) is 11.5 Å². The first kappa shape index (κ1) is 22.1. The minimum atomic E-state index is -0.832. The number of Topliss-reactive ketones (excluding diaryl/α,β-unsaturated/α-hetero) is 1. The van der Waals surface area contributed by atoms with Gasteiger partial charge in [0, 0.05) is 17.3 Å². The van der Waals surface area contributed by atoms with Crippen LogP contribution in [0.4, 0.5) is 5.69 Å². The standard InChI is InChI=1S/C27H25NO5/c1-3-15-33-22-14-8-12-20(17-22)28-24(19-11-7-13-21(16-19)32-2)23(26(30)27(28)31)25(29)18-9-5-4-6-10-18/h4-14,16-17,24,29H,3,15H2,1-2H3/b25-23+. The molecule has 0 aromatic heterocycles. The molecule has 6 heteroatoms. The van der Waals surface area contributed by atoms with Crippen molar-refractivity contribution in [3.63, 3.8) is 0 Å². The molecule has 0 bridgehead atoms. The van der Waals surface area contributed by atoms with Gasteiger partial charge in [-0.3, -0.25) is 14.5 Å². The molecule has 33 heavy (non-hydrogen) atoms. The summed E-state index contributed by atoms with van der Waals surface area (Å²) in [5.41, 5.74) is 1.64. The smallest absolute Gasteiger partial charge is 0.300 e. The Morgan fingerprint density at radius 2 is 1.67 bits per heavy atom. The first-order valence-electron chi connectivity index (χ1n) is 10.8. The zero-order chi connectivity index (χ0) is 23.4. The second-order valence-corrected chi connectivity index (χ2v) is 7.66. The fourth-order valence-corrected chi connectivity index (χ4v) is 3.92. The molecule has 0 saturated carbocycles. The monoisotopic (exact) mass is 443 g/mol. The van der Waals surface area contributed by atoms with Crippen molar-refractivity contribution in [1.82, 2.24) is 0 Å². The SMILES string of the molecule is CCCOc1cccc(N2C(=O)C(=O)/C(=C(/O)c3ccccc3)C2c2cccc(OC)c2)c1. The summed E-state index contributed by atoms with van der Waals surface area (Å²) in [6.45, 7) is 2.55. The Morgan fingerprint density at radius 3 is 2.39 bits per heavy atom. The number of ether oxygens (including phenoxy) is 2. The number of benzene rings is 3. The van der Waals surface area contributed by atoms with Crippen molar-refractivity contribution < 1.29 is 24.2 Å². The molecule has 1 saturated heterocycles. The van der Waals surface area contributed by atoms with Crippen LogP contribution in [0.3, 0.4) is 0 Å². The van der Waals surface area contributed by atoms with E-state index in [1.165, 1.54) is 4.90 Å². The lowest BCUT2D eigenvalue weighted by molar-refractivity contribution is -0.132. The maximum Gasteiger partial charge on any atom is 0.300 e. The normalized spacial score (nSPS) is 17.3. The molecule has 1 fully saturated rings. The number of hydrogen-bond donors (Lipinski definition) is 1. The number of aliphatic hydroxyl groups excluding tert-OH is 1. The van der Waals surface area contributed by atoms with Crippen LogP contribution in [-0.2, 0) is 9.59 Å². The third-order valence-corrected chi connectivity index (χ3v) is 5.47. The molecule has 168 valence electrons. The quantitative estimate of drug-likeness (QED) is 0.312. The van der Waals surface area contributed by atoms with Crippen molar-refractivity contribution in [3.8, 4) is 11.5 Å². The van der Waals surface area contributed by atoms with Gasteiger partial charge in [-0.05, 0) is 36.2 Å². The highest BCUT2D eigenvalue weighted by Gasteiger charge is 2.47. The summed E-state index contributed by atoms with van der Waals surface area (Å²) in [4.78, 5) is 27.9. The first-order chi connectivity index (χ1) is 16.0. The molecular formula is C27H25NO5. The summed E-state index contributed by atoms with van der Waals surface area (Å²) in [6, 6.07) is 22.1. The number of carbonyl (C=O) groups excluding carboxylic acids is 2. The molecule has 1 N–H and O–H groups in total. The Hall–Kier alpha value is -4.06. The van der Waals surface area contributed by atoms with Crippen molar-refractivity contribution in [3.05, 3.63) is 95.6 Å². The molecule has 6 nitrogen and oxygen atoms in total. The predicted octanol–water partition coefficient (Wildman–Crippen LogP) is 5.11. The summed E-state index contributed by atoms with van der Waals surface area (Å²) >= 11 is 0. The zero-order valence-electron chi connectivity index (χ0n) is 18.5. The Bertz CT molecular complexity index is 1200. The number of hydrogen-bond acceptors (Lipinski definition) is 5. The third kappa shape index (κ3) is 4.32. The fourth-order valence-electron chi connectivity index (χ4n) is 3.92. The van der Waals surface area contributed by atoms with Gasteiger partial charge in [0.1, 0.15) is 17.3 Å². The van der Waals surface area contributed by atoms with Gasteiger partial charge in [0.15, 0.2) is 0 Å². The summed E-state index contributed by atoms with van der Waals surface area (Å²) in [6.07, 6.45) is 0.843. The number of rotatable bonds is 7. The van der Waals surface area contributed by atoms with Crippen LogP contribution in [0.15, 0.2) is 84.4 Å². The fraction of sp³-hybridized carbons (Fsp3) is 0.185. The van der Waals surface area contributed by atoms with Crippen molar-refractivity contribution in [1.29, 1.82) is 0 Å². The average Bonchev–Trinajstić information content (AvgIpc) is 3.13. The van der Waals surface area contributed by atoms with Crippen molar-refractivity contribution in [2.75, 3.05) is 18.6 Å². The Morgan fingerprint density at radius 1 is 0.939 bits per heavy atom. The van der Waals surface area contributed by atoms with E-state index in [1.807, 2.05) is 19.1 Å². The van der Waals surface area contributed by atoms with E-state index in [1.54, 1.807) is 73.8 Å². The van der Waals surface area contributed by atoms with Crippen LogP contribution in [0.1, 0.15) is 30.5 Å². The number of carbonyl (C=O) groups is 2. The van der Waals surface area contributed by atoms with Gasteiger partial charge in [0.05, 0.1) is 25.3 Å². The van der Waals surface area contributed by atoms with Gasteiger partial charge in [0.2, 0.25) is 0 Å². The zero-order valence-corrected chi connectivity index (χ0v) is 18.5. The topological polar surface area (TPSA) is 76.1 Å². The molecule has 3 aromatic carbocycles. The lowest BCUT2D eigenvalue weighted by Gasteiger charge is -2.26. The third-order valence-electron chi connectivity index (χ3n) is 5.47. The van der Waals surface area contributed by atoms with E-state index in [-0.39, 0.29) is 11.3 Å². The van der Waals surface area contributed by atoms with Gasteiger partial charge in [-0.2, -0.15) is 0 Å². The van der Waals surface area contributed by atoms with Crippen LogP contribution in [0.25, 0.3) is 5.76 Å². The largest absolute Gasteiger partial charge is 0.507 e. The van der Waals surface area contributed by atoms with E-state index in [9.17, 15) is 14.7 Å². The van der Waals surface area contributed by atoms with Crippen molar-refractivity contribution >= 4 is 23.1 Å². The van der Waals surface area contributed by atoms with E-state index >= 15 is 0 Å². The van der Waals surface area contributed by atoms with E-state index in [2.05, 4.69) is 0 Å². The second-order valence-electron chi connectivity index (χ2n) is 7.66. The maximum absolute atomic E-state index is 13.3. The Balaban J connectivity index is 1.90. The molecule has 3 aromatic rings. The first-order valence-corrected chi connectivity index (χ1v) is 10.8. The Kier molecular flexibility index (Phi) is 6.45. The van der Waals surface area contributed by atoms with E-state index in [0.29, 0.717) is 34.9 Å². The summed E-state index contributed by atoms with van der Waals surface area (Å²) < 4.78 is 11.1. The van der Waals surface area contributed by atoms with Crippen molar-refractivity contribution in [2.45, 2.75) is 19.4 Å². The van der Waals surface area contributed by atoms with Gasteiger partial charge in [0.25, 0.3) is 11.7 Å². The van der Waals surface area contributed by atoms with Gasteiger partial charge >= 0.3 is 0 Å². The van der Waals surface area contributed by atoms with Crippen LogP contribution in [0, 0.1) is 0 Å². The highest BCUT2D eigenvalue weighted by molar-refractivity contribution is 6.51. The van der Waals surface area contributed by atoms with E-state index < -0.39 is 17.7 Å². The molecule has 1 heterocycles. The summed E-state index contributed by atoms with van der Waals surface area (Å²) in [5.74, 6) is -0.499. The van der Waals surface area contributed by atoms with E-state index in [4.69, 9.17) is 9.47 Å². The maximum atomic E-state index is 13.3. The van der Waals surface area contributed by atoms with Gasteiger partial charge in [-0.25, -0.2) is 0 Å². The lowest BCUT2D eigenvalue weighted by atomic mass is 9.95. The molecule has 4 rings (SSSR count). The van der Waals surface area contributed by atoms with Gasteiger partial charge in [-0.15, -0.1) is 0 Å². The number of ketones is 1. The number of amides is 1. The van der Waals surface area contributed by atoms with Crippen LogP contribution in [0.2, 0.25) is 0 Å². The van der Waals surface area contributed by atoms with Gasteiger partial charge in [-0.1, -0.05) is 55.5 Å². The Labute approximate surface area is 192 Å². The summed E-state index contributed by atoms with van der Waals surface area (Å²) in [5, 5.41) is 11.1. The van der Waals surface area contributed by atoms with Crippen LogP contribution in [-0.4, -0.2) is 30.5 Å². The molecule has 1 atom stereocenters.